The smallest absolute Gasteiger partial charge is 0.235 e. The van der Waals surface area contributed by atoms with E-state index in [2.05, 4.69) is 0 Å². The number of aryl methyl sites for hydroxylation is 4. The lowest BCUT2D eigenvalue weighted by Crippen LogP contribution is -2.10. The van der Waals surface area contributed by atoms with Crippen molar-refractivity contribution in [2.45, 2.75) is 34.3 Å². The van der Waals surface area contributed by atoms with Gasteiger partial charge < -0.3 is 9.15 Å². The average Bonchev–Trinajstić information content (AvgIpc) is 2.71. The predicted octanol–water partition coefficient (Wildman–Crippen LogP) is 6.27. The van der Waals surface area contributed by atoms with Gasteiger partial charge in [-0.15, -0.1) is 0 Å². The second-order valence-corrected chi connectivity index (χ2v) is 7.66. The molecule has 0 unspecified atom stereocenters. The van der Waals surface area contributed by atoms with Crippen molar-refractivity contribution in [2.24, 2.45) is 0 Å². The van der Waals surface area contributed by atoms with Crippen LogP contribution < -0.4 is 10.2 Å². The summed E-state index contributed by atoms with van der Waals surface area (Å²) < 4.78 is 12.3. The summed E-state index contributed by atoms with van der Waals surface area (Å²) in [6.07, 6.45) is 0. The SMILES string of the molecule is Cc1ccc(COc2c(-c3ccc(C)cc3)oc3cc(C)c(C)cc3c2=O)cc1. The lowest BCUT2D eigenvalue weighted by Gasteiger charge is -2.13. The summed E-state index contributed by atoms with van der Waals surface area (Å²) in [4.78, 5) is 13.3. The van der Waals surface area contributed by atoms with Crippen LogP contribution in [0.2, 0.25) is 0 Å². The molecule has 3 aromatic carbocycles. The molecule has 4 rings (SSSR count). The highest BCUT2D eigenvalue weighted by atomic mass is 16.5. The molecule has 4 aromatic rings. The maximum Gasteiger partial charge on any atom is 0.235 e. The van der Waals surface area contributed by atoms with Crippen LogP contribution in [-0.2, 0) is 6.61 Å². The Bertz CT molecular complexity index is 1230. The van der Waals surface area contributed by atoms with Crippen molar-refractivity contribution < 1.29 is 9.15 Å². The first-order valence-electron chi connectivity index (χ1n) is 9.76. The van der Waals surface area contributed by atoms with E-state index in [1.54, 1.807) is 0 Å². The van der Waals surface area contributed by atoms with Crippen molar-refractivity contribution >= 4 is 11.0 Å². The Morgan fingerprint density at radius 2 is 1.38 bits per heavy atom. The molecule has 146 valence electrons. The largest absolute Gasteiger partial charge is 0.481 e. The zero-order valence-electron chi connectivity index (χ0n) is 17.2. The first kappa shape index (κ1) is 19.0. The quantitative estimate of drug-likeness (QED) is 0.416. The molecular weight excluding hydrogens is 360 g/mol. The van der Waals surface area contributed by atoms with Gasteiger partial charge in [0.2, 0.25) is 11.2 Å². The van der Waals surface area contributed by atoms with Gasteiger partial charge in [0.25, 0.3) is 0 Å². The molecular formula is C26H24O3. The third-order valence-corrected chi connectivity index (χ3v) is 5.28. The minimum Gasteiger partial charge on any atom is -0.481 e. The van der Waals surface area contributed by atoms with Crippen molar-refractivity contribution in [1.82, 2.24) is 0 Å². The van der Waals surface area contributed by atoms with E-state index in [-0.39, 0.29) is 11.2 Å². The third-order valence-electron chi connectivity index (χ3n) is 5.28. The number of rotatable bonds is 4. The van der Waals surface area contributed by atoms with Crippen LogP contribution in [0.1, 0.15) is 27.8 Å². The van der Waals surface area contributed by atoms with Crippen LogP contribution >= 0.6 is 0 Å². The van der Waals surface area contributed by atoms with Gasteiger partial charge in [-0.25, -0.2) is 0 Å². The van der Waals surface area contributed by atoms with Crippen LogP contribution in [0.15, 0.2) is 69.9 Å². The zero-order chi connectivity index (χ0) is 20.5. The number of ether oxygens (including phenoxy) is 1. The molecule has 3 heteroatoms. The van der Waals surface area contributed by atoms with Gasteiger partial charge in [-0.2, -0.15) is 0 Å². The molecule has 1 aromatic heterocycles. The third kappa shape index (κ3) is 3.81. The molecule has 0 saturated heterocycles. The molecule has 0 atom stereocenters. The minimum atomic E-state index is -0.142. The van der Waals surface area contributed by atoms with Gasteiger partial charge in [-0.05, 0) is 56.5 Å². The Morgan fingerprint density at radius 3 is 2.03 bits per heavy atom. The molecule has 0 radical (unpaired) electrons. The summed E-state index contributed by atoms with van der Waals surface area (Å²) in [5, 5.41) is 0.544. The fraction of sp³-hybridized carbons (Fsp3) is 0.192. The van der Waals surface area contributed by atoms with Gasteiger partial charge in [0.1, 0.15) is 12.2 Å². The maximum absolute atomic E-state index is 13.3. The van der Waals surface area contributed by atoms with Gasteiger partial charge in [-0.1, -0.05) is 59.7 Å². The lowest BCUT2D eigenvalue weighted by molar-refractivity contribution is 0.298. The molecule has 1 heterocycles. The Morgan fingerprint density at radius 1 is 0.793 bits per heavy atom. The normalized spacial score (nSPS) is 11.0. The van der Waals surface area contributed by atoms with Crippen molar-refractivity contribution in [2.75, 3.05) is 0 Å². The summed E-state index contributed by atoms with van der Waals surface area (Å²) in [6, 6.07) is 19.8. The van der Waals surface area contributed by atoms with E-state index >= 15 is 0 Å². The molecule has 0 amide bonds. The second-order valence-electron chi connectivity index (χ2n) is 7.66. The number of benzene rings is 3. The molecule has 0 saturated carbocycles. The molecule has 29 heavy (non-hydrogen) atoms. The number of hydrogen-bond donors (Lipinski definition) is 0. The molecule has 0 N–H and O–H groups in total. The van der Waals surface area contributed by atoms with Crippen molar-refractivity contribution in [3.05, 3.63) is 98.7 Å². The summed E-state index contributed by atoms with van der Waals surface area (Å²) in [7, 11) is 0. The molecule has 0 aliphatic carbocycles. The molecule has 0 bridgehead atoms. The van der Waals surface area contributed by atoms with Gasteiger partial charge in [0, 0.05) is 5.56 Å². The van der Waals surface area contributed by atoms with Crippen LogP contribution in [0.25, 0.3) is 22.3 Å². The van der Waals surface area contributed by atoms with E-state index in [9.17, 15) is 4.79 Å². The molecule has 0 aliphatic rings. The number of hydrogen-bond acceptors (Lipinski definition) is 3. The maximum atomic E-state index is 13.3. The fourth-order valence-corrected chi connectivity index (χ4v) is 3.30. The van der Waals surface area contributed by atoms with Crippen LogP contribution in [0.3, 0.4) is 0 Å². The van der Waals surface area contributed by atoms with E-state index in [4.69, 9.17) is 9.15 Å². The summed E-state index contributed by atoms with van der Waals surface area (Å²) in [5.74, 6) is 0.725. The molecule has 0 aliphatic heterocycles. The monoisotopic (exact) mass is 384 g/mol. The predicted molar refractivity (Wildman–Crippen MR) is 118 cm³/mol. The van der Waals surface area contributed by atoms with Crippen LogP contribution in [0, 0.1) is 27.7 Å². The van der Waals surface area contributed by atoms with E-state index in [1.807, 2.05) is 88.4 Å². The van der Waals surface area contributed by atoms with Gasteiger partial charge >= 0.3 is 0 Å². The Labute approximate surface area is 170 Å². The van der Waals surface area contributed by atoms with Gasteiger partial charge in [-0.3, -0.25) is 4.79 Å². The Kier molecular flexibility index (Phi) is 4.98. The minimum absolute atomic E-state index is 0.142. The van der Waals surface area contributed by atoms with Crippen molar-refractivity contribution in [1.29, 1.82) is 0 Å². The fourth-order valence-electron chi connectivity index (χ4n) is 3.30. The first-order chi connectivity index (χ1) is 13.9. The average molecular weight is 384 g/mol. The Balaban J connectivity index is 1.86. The molecule has 0 spiro atoms. The van der Waals surface area contributed by atoms with Crippen LogP contribution in [0.5, 0.6) is 5.75 Å². The summed E-state index contributed by atoms with van der Waals surface area (Å²) in [6.45, 7) is 8.39. The highest BCUT2D eigenvalue weighted by molar-refractivity contribution is 5.83. The van der Waals surface area contributed by atoms with Crippen molar-refractivity contribution in [3.63, 3.8) is 0 Å². The van der Waals surface area contributed by atoms with Crippen LogP contribution in [0.4, 0.5) is 0 Å². The molecule has 0 fully saturated rings. The topological polar surface area (TPSA) is 39.4 Å². The van der Waals surface area contributed by atoms with Crippen LogP contribution in [-0.4, -0.2) is 0 Å². The van der Waals surface area contributed by atoms with E-state index in [0.29, 0.717) is 23.3 Å². The van der Waals surface area contributed by atoms with Crippen molar-refractivity contribution in [3.8, 4) is 17.1 Å². The van der Waals surface area contributed by atoms with E-state index in [1.165, 1.54) is 5.56 Å². The van der Waals surface area contributed by atoms with E-state index in [0.717, 1.165) is 27.8 Å². The number of fused-ring (bicyclic) bond motifs is 1. The summed E-state index contributed by atoms with van der Waals surface area (Å²) >= 11 is 0. The molecule has 3 nitrogen and oxygen atoms in total. The standard InChI is InChI=1S/C26H24O3/c1-16-5-9-20(10-6-16)15-28-26-24(27)22-13-18(3)19(4)14-23(22)29-25(26)21-11-7-17(2)8-12-21/h5-14H,15H2,1-4H3. The summed E-state index contributed by atoms with van der Waals surface area (Å²) in [5.41, 5.74) is 6.74. The van der Waals surface area contributed by atoms with E-state index < -0.39 is 0 Å². The highest BCUT2D eigenvalue weighted by Gasteiger charge is 2.18. The zero-order valence-corrected chi connectivity index (χ0v) is 17.2. The second kappa shape index (κ2) is 7.59. The highest BCUT2D eigenvalue weighted by Crippen LogP contribution is 2.32. The van der Waals surface area contributed by atoms with Gasteiger partial charge in [0.15, 0.2) is 5.76 Å². The lowest BCUT2D eigenvalue weighted by atomic mass is 10.0. The van der Waals surface area contributed by atoms with Gasteiger partial charge in [0.05, 0.1) is 5.39 Å². The first-order valence-corrected chi connectivity index (χ1v) is 9.76. The Hall–Kier alpha value is -3.33.